The molecule has 3 rings (SSSR count). The molecule has 1 aliphatic heterocycles. The van der Waals surface area contributed by atoms with Crippen molar-refractivity contribution in [2.24, 2.45) is 0 Å². The zero-order chi connectivity index (χ0) is 19.4. The summed E-state index contributed by atoms with van der Waals surface area (Å²) in [7, 11) is 0. The lowest BCUT2D eigenvalue weighted by atomic mass is 10.1. The Bertz CT molecular complexity index is 816. The molecule has 144 valence electrons. The van der Waals surface area contributed by atoms with Gasteiger partial charge in [0.05, 0.1) is 17.3 Å². The van der Waals surface area contributed by atoms with Crippen molar-refractivity contribution in [3.8, 4) is 0 Å². The Balaban J connectivity index is 1.73. The number of carbonyl (C=O) groups excluding carboxylic acids is 2. The van der Waals surface area contributed by atoms with Crippen LogP contribution in [0.1, 0.15) is 60.5 Å². The first-order chi connectivity index (χ1) is 12.8. The molecule has 3 N–H and O–H groups in total. The van der Waals surface area contributed by atoms with Crippen LogP contribution in [0, 0.1) is 0 Å². The highest BCUT2D eigenvalue weighted by atomic mass is 16.2. The lowest BCUT2D eigenvalue weighted by Crippen LogP contribution is -2.40. The third kappa shape index (κ3) is 4.95. The first kappa shape index (κ1) is 19.1. The SMILES string of the molecule is CC(C)(C)NC(=O)c1ccccc1NC(=O)c1ccn(C2CCCNC2)n1. The highest BCUT2D eigenvalue weighted by Gasteiger charge is 2.21. The molecule has 1 atom stereocenters. The van der Waals surface area contributed by atoms with E-state index >= 15 is 0 Å². The molecule has 2 amide bonds. The Hall–Kier alpha value is -2.67. The minimum Gasteiger partial charge on any atom is -0.347 e. The quantitative estimate of drug-likeness (QED) is 0.773. The molecule has 7 nitrogen and oxygen atoms in total. The number of piperidine rings is 1. The second kappa shape index (κ2) is 7.92. The van der Waals surface area contributed by atoms with Crippen LogP contribution in [-0.2, 0) is 0 Å². The maximum Gasteiger partial charge on any atom is 0.276 e. The van der Waals surface area contributed by atoms with Gasteiger partial charge in [-0.15, -0.1) is 0 Å². The van der Waals surface area contributed by atoms with Gasteiger partial charge in [-0.25, -0.2) is 0 Å². The van der Waals surface area contributed by atoms with Gasteiger partial charge in [0.25, 0.3) is 11.8 Å². The summed E-state index contributed by atoms with van der Waals surface area (Å²) in [4.78, 5) is 25.2. The van der Waals surface area contributed by atoms with Gasteiger partial charge in [0.1, 0.15) is 0 Å². The van der Waals surface area contributed by atoms with E-state index in [-0.39, 0.29) is 23.4 Å². The van der Waals surface area contributed by atoms with Crippen LogP contribution in [0.15, 0.2) is 36.5 Å². The molecule has 0 aliphatic carbocycles. The third-order valence-corrected chi connectivity index (χ3v) is 4.39. The molecule has 1 aliphatic rings. The second-order valence-electron chi connectivity index (χ2n) is 7.88. The van der Waals surface area contributed by atoms with E-state index in [0.29, 0.717) is 16.9 Å². The first-order valence-corrected chi connectivity index (χ1v) is 9.32. The number of aromatic nitrogens is 2. The first-order valence-electron chi connectivity index (χ1n) is 9.32. The van der Waals surface area contributed by atoms with Crippen LogP contribution in [0.3, 0.4) is 0 Å². The van der Waals surface area contributed by atoms with Crippen LogP contribution < -0.4 is 16.0 Å². The fourth-order valence-electron chi connectivity index (χ4n) is 3.11. The van der Waals surface area contributed by atoms with Gasteiger partial charge in [-0.3, -0.25) is 14.3 Å². The largest absolute Gasteiger partial charge is 0.347 e. The Labute approximate surface area is 159 Å². The molecular formula is C20H27N5O2. The molecule has 0 spiro atoms. The number of nitrogens with zero attached hydrogens (tertiary/aromatic N) is 2. The van der Waals surface area contributed by atoms with E-state index in [1.165, 1.54) is 0 Å². The van der Waals surface area contributed by atoms with Gasteiger partial charge in [0, 0.05) is 18.3 Å². The fourth-order valence-corrected chi connectivity index (χ4v) is 3.11. The van der Waals surface area contributed by atoms with Gasteiger partial charge in [-0.1, -0.05) is 12.1 Å². The molecule has 1 aromatic carbocycles. The maximum absolute atomic E-state index is 12.6. The third-order valence-electron chi connectivity index (χ3n) is 4.39. The lowest BCUT2D eigenvalue weighted by molar-refractivity contribution is 0.0920. The van der Waals surface area contributed by atoms with Crippen LogP contribution in [0.25, 0.3) is 0 Å². The summed E-state index contributed by atoms with van der Waals surface area (Å²) in [5.41, 5.74) is 0.877. The molecule has 2 aromatic rings. The number of rotatable bonds is 4. The standard InChI is InChI=1S/C20H27N5O2/c1-20(2,3)23-18(26)15-8-4-5-9-16(15)22-19(27)17-10-12-25(24-17)14-7-6-11-21-13-14/h4-5,8-10,12,14,21H,6-7,11,13H2,1-3H3,(H,22,27)(H,23,26). The number of anilines is 1. The lowest BCUT2D eigenvalue weighted by Gasteiger charge is -2.23. The van der Waals surface area contributed by atoms with Crippen molar-refractivity contribution in [2.75, 3.05) is 18.4 Å². The molecule has 0 saturated carbocycles. The van der Waals surface area contributed by atoms with Crippen molar-refractivity contribution in [3.63, 3.8) is 0 Å². The number of amides is 2. The summed E-state index contributed by atoms with van der Waals surface area (Å²) in [6.07, 6.45) is 3.98. The van der Waals surface area contributed by atoms with E-state index in [1.54, 1.807) is 30.3 Å². The minimum absolute atomic E-state index is 0.225. The molecule has 1 aromatic heterocycles. The van der Waals surface area contributed by atoms with Gasteiger partial charge < -0.3 is 16.0 Å². The molecule has 0 radical (unpaired) electrons. The number of hydrogen-bond donors (Lipinski definition) is 3. The maximum atomic E-state index is 12.6. The van der Waals surface area contributed by atoms with Crippen LogP contribution >= 0.6 is 0 Å². The van der Waals surface area contributed by atoms with Crippen LogP contribution in [0.4, 0.5) is 5.69 Å². The number of benzene rings is 1. The topological polar surface area (TPSA) is 88.0 Å². The van der Waals surface area contributed by atoms with E-state index in [9.17, 15) is 9.59 Å². The predicted molar refractivity (Wildman–Crippen MR) is 105 cm³/mol. The summed E-state index contributed by atoms with van der Waals surface area (Å²) >= 11 is 0. The number of carbonyl (C=O) groups is 2. The van der Waals surface area contributed by atoms with E-state index in [2.05, 4.69) is 21.0 Å². The zero-order valence-corrected chi connectivity index (χ0v) is 16.1. The van der Waals surface area contributed by atoms with E-state index in [4.69, 9.17) is 0 Å². The zero-order valence-electron chi connectivity index (χ0n) is 16.1. The van der Waals surface area contributed by atoms with Crippen molar-refractivity contribution in [1.29, 1.82) is 0 Å². The Morgan fingerprint density at radius 1 is 1.19 bits per heavy atom. The molecule has 0 bridgehead atoms. The summed E-state index contributed by atoms with van der Waals surface area (Å²) in [5.74, 6) is -0.550. The van der Waals surface area contributed by atoms with E-state index < -0.39 is 0 Å². The van der Waals surface area contributed by atoms with Crippen molar-refractivity contribution in [1.82, 2.24) is 20.4 Å². The molecule has 1 saturated heterocycles. The van der Waals surface area contributed by atoms with Crippen molar-refractivity contribution < 1.29 is 9.59 Å². The molecular weight excluding hydrogens is 342 g/mol. The molecule has 2 heterocycles. The highest BCUT2D eigenvalue weighted by molar-refractivity contribution is 6.08. The molecule has 1 fully saturated rings. The van der Waals surface area contributed by atoms with Gasteiger partial charge in [-0.2, -0.15) is 5.10 Å². The number of nitrogens with one attached hydrogen (secondary N) is 3. The highest BCUT2D eigenvalue weighted by Crippen LogP contribution is 2.19. The Morgan fingerprint density at radius 2 is 1.96 bits per heavy atom. The fraction of sp³-hybridized carbons (Fsp3) is 0.450. The van der Waals surface area contributed by atoms with Gasteiger partial charge in [0.15, 0.2) is 5.69 Å². The van der Waals surface area contributed by atoms with E-state index in [0.717, 1.165) is 25.9 Å². The monoisotopic (exact) mass is 369 g/mol. The van der Waals surface area contributed by atoms with Crippen LogP contribution in [-0.4, -0.2) is 40.2 Å². The Morgan fingerprint density at radius 3 is 2.67 bits per heavy atom. The smallest absolute Gasteiger partial charge is 0.276 e. The van der Waals surface area contributed by atoms with Crippen LogP contribution in [0.5, 0.6) is 0 Å². The number of hydrogen-bond acceptors (Lipinski definition) is 4. The average Bonchev–Trinajstić information content (AvgIpc) is 3.12. The van der Waals surface area contributed by atoms with Gasteiger partial charge in [0.2, 0.25) is 0 Å². The van der Waals surface area contributed by atoms with Crippen molar-refractivity contribution >= 4 is 17.5 Å². The Kier molecular flexibility index (Phi) is 5.60. The molecule has 1 unspecified atom stereocenters. The summed E-state index contributed by atoms with van der Waals surface area (Å²) in [6.45, 7) is 7.63. The summed E-state index contributed by atoms with van der Waals surface area (Å²) in [5, 5.41) is 13.5. The van der Waals surface area contributed by atoms with Crippen molar-refractivity contribution in [2.45, 2.75) is 45.2 Å². The summed E-state index contributed by atoms with van der Waals surface area (Å²) < 4.78 is 1.85. The molecule has 7 heteroatoms. The summed E-state index contributed by atoms with van der Waals surface area (Å²) in [6, 6.07) is 8.96. The normalized spacial score (nSPS) is 17.4. The second-order valence-corrected chi connectivity index (χ2v) is 7.88. The van der Waals surface area contributed by atoms with Crippen molar-refractivity contribution in [3.05, 3.63) is 47.8 Å². The van der Waals surface area contributed by atoms with E-state index in [1.807, 2.05) is 31.6 Å². The van der Waals surface area contributed by atoms with Gasteiger partial charge in [-0.05, 0) is 58.4 Å². The molecule has 27 heavy (non-hydrogen) atoms. The predicted octanol–water partition coefficient (Wildman–Crippen LogP) is 2.59. The average molecular weight is 369 g/mol. The number of para-hydroxylation sites is 1. The van der Waals surface area contributed by atoms with Gasteiger partial charge >= 0.3 is 0 Å². The van der Waals surface area contributed by atoms with Crippen LogP contribution in [0.2, 0.25) is 0 Å². The minimum atomic E-state index is -0.360.